The molecule has 0 aromatic rings. The average molecular weight is 334 g/mol. The molecular formula is C20H30O4. The summed E-state index contributed by atoms with van der Waals surface area (Å²) >= 11 is 0. The summed E-state index contributed by atoms with van der Waals surface area (Å²) in [6.45, 7) is 10.1. The highest BCUT2D eigenvalue weighted by Gasteiger charge is 2.53. The highest BCUT2D eigenvalue weighted by molar-refractivity contribution is 5.89. The molecule has 2 saturated heterocycles. The Morgan fingerprint density at radius 3 is 2.75 bits per heavy atom. The van der Waals surface area contributed by atoms with Crippen molar-refractivity contribution in [2.75, 3.05) is 0 Å². The van der Waals surface area contributed by atoms with E-state index in [0.717, 1.165) is 32.1 Å². The second-order valence-electron chi connectivity index (χ2n) is 8.26. The number of fused-ring (bicyclic) bond motifs is 4. The zero-order chi connectivity index (χ0) is 17.5. The first-order valence-corrected chi connectivity index (χ1v) is 9.17. The molecule has 4 nitrogen and oxygen atoms in total. The third kappa shape index (κ3) is 3.45. The van der Waals surface area contributed by atoms with Gasteiger partial charge in [0.1, 0.15) is 5.60 Å². The lowest BCUT2D eigenvalue weighted by atomic mass is 9.82. The number of carbonyl (C=O) groups excluding carboxylic acids is 1. The standard InChI is InChI=1S/C20H30O4/c1-13-6-5-10-20(4)17(23-20)12-15-9-11-19(3,16(21)8-7-13)24-18(22)14(15)2/h6,15-17,21H,2,5,7-12H2,1,3-4H3. The van der Waals surface area contributed by atoms with Crippen LogP contribution in [0.1, 0.15) is 65.7 Å². The molecule has 5 unspecified atom stereocenters. The lowest BCUT2D eigenvalue weighted by Crippen LogP contribution is -2.43. The van der Waals surface area contributed by atoms with Gasteiger partial charge in [0.05, 0.1) is 17.8 Å². The zero-order valence-corrected chi connectivity index (χ0v) is 15.1. The highest BCUT2D eigenvalue weighted by atomic mass is 16.6. The van der Waals surface area contributed by atoms with Crippen molar-refractivity contribution in [3.8, 4) is 0 Å². The number of hydrogen-bond acceptors (Lipinski definition) is 4. The predicted molar refractivity (Wildman–Crippen MR) is 92.5 cm³/mol. The van der Waals surface area contributed by atoms with Crippen molar-refractivity contribution < 1.29 is 19.4 Å². The quantitative estimate of drug-likeness (QED) is 0.318. The maximum absolute atomic E-state index is 12.4. The Bertz CT molecular complexity index is 566. The van der Waals surface area contributed by atoms with Gasteiger partial charge in [0.15, 0.2) is 0 Å². The van der Waals surface area contributed by atoms with Crippen molar-refractivity contribution in [3.05, 3.63) is 23.8 Å². The van der Waals surface area contributed by atoms with Crippen molar-refractivity contribution in [2.24, 2.45) is 5.92 Å². The van der Waals surface area contributed by atoms with Gasteiger partial charge in [-0.25, -0.2) is 4.79 Å². The number of allylic oxidation sites excluding steroid dienone is 2. The maximum atomic E-state index is 12.4. The molecule has 1 aliphatic carbocycles. The molecule has 0 spiro atoms. The van der Waals surface area contributed by atoms with Gasteiger partial charge in [-0.05, 0) is 71.6 Å². The van der Waals surface area contributed by atoms with E-state index in [1.165, 1.54) is 5.57 Å². The lowest BCUT2D eigenvalue weighted by molar-refractivity contribution is -0.165. The SMILES string of the molecule is C=C1C(=O)OC2(C)CCC1CC1OC1(C)CCC=C(C)CCC2O. The van der Waals surface area contributed by atoms with E-state index < -0.39 is 11.7 Å². The Labute approximate surface area is 144 Å². The minimum absolute atomic E-state index is 0.0692. The van der Waals surface area contributed by atoms with Gasteiger partial charge in [-0.1, -0.05) is 18.2 Å². The summed E-state index contributed by atoms with van der Waals surface area (Å²) in [6.07, 6.45) is 7.51. The van der Waals surface area contributed by atoms with Crippen LogP contribution in [-0.2, 0) is 14.3 Å². The Hall–Kier alpha value is -1.13. The molecule has 2 aliphatic heterocycles. The molecule has 2 heterocycles. The van der Waals surface area contributed by atoms with Crippen LogP contribution in [0.15, 0.2) is 23.8 Å². The van der Waals surface area contributed by atoms with Crippen LogP contribution in [0.3, 0.4) is 0 Å². The lowest BCUT2D eigenvalue weighted by Gasteiger charge is -2.33. The highest BCUT2D eigenvalue weighted by Crippen LogP contribution is 2.47. The fourth-order valence-corrected chi connectivity index (χ4v) is 4.07. The first-order chi connectivity index (χ1) is 11.2. The van der Waals surface area contributed by atoms with Gasteiger partial charge in [-0.2, -0.15) is 0 Å². The fraction of sp³-hybridized carbons (Fsp3) is 0.750. The van der Waals surface area contributed by atoms with E-state index in [4.69, 9.17) is 9.47 Å². The molecule has 3 rings (SSSR count). The summed E-state index contributed by atoms with van der Waals surface area (Å²) in [5.41, 5.74) is 0.915. The number of epoxide rings is 1. The van der Waals surface area contributed by atoms with Gasteiger partial charge in [-0.15, -0.1) is 0 Å². The molecule has 0 amide bonds. The van der Waals surface area contributed by atoms with E-state index in [2.05, 4.69) is 26.5 Å². The van der Waals surface area contributed by atoms with Crippen molar-refractivity contribution in [1.29, 1.82) is 0 Å². The summed E-state index contributed by atoms with van der Waals surface area (Å²) < 4.78 is 11.7. The minimum atomic E-state index is -0.827. The Morgan fingerprint density at radius 2 is 2.00 bits per heavy atom. The van der Waals surface area contributed by atoms with Crippen LogP contribution in [0.25, 0.3) is 0 Å². The molecule has 2 bridgehead atoms. The fourth-order valence-electron chi connectivity index (χ4n) is 4.07. The van der Waals surface area contributed by atoms with Crippen LogP contribution in [0.4, 0.5) is 0 Å². The molecule has 0 radical (unpaired) electrons. The molecule has 5 atom stereocenters. The second-order valence-corrected chi connectivity index (χ2v) is 8.26. The maximum Gasteiger partial charge on any atom is 0.334 e. The third-order valence-electron chi connectivity index (χ3n) is 6.25. The van der Waals surface area contributed by atoms with Crippen molar-refractivity contribution >= 4 is 5.97 Å². The first kappa shape index (κ1) is 17.7. The van der Waals surface area contributed by atoms with E-state index in [0.29, 0.717) is 18.4 Å². The van der Waals surface area contributed by atoms with Crippen LogP contribution in [-0.4, -0.2) is 34.5 Å². The number of aliphatic hydroxyl groups excluding tert-OH is 1. The number of ether oxygens (including phenoxy) is 2. The summed E-state index contributed by atoms with van der Waals surface area (Å²) in [4.78, 5) is 12.4. The van der Waals surface area contributed by atoms with E-state index in [9.17, 15) is 9.90 Å². The average Bonchev–Trinajstić information content (AvgIpc) is 3.18. The van der Waals surface area contributed by atoms with Crippen LogP contribution in [0.2, 0.25) is 0 Å². The van der Waals surface area contributed by atoms with E-state index in [-0.39, 0.29) is 23.6 Å². The molecule has 0 saturated carbocycles. The Morgan fingerprint density at radius 1 is 1.25 bits per heavy atom. The van der Waals surface area contributed by atoms with Crippen LogP contribution in [0, 0.1) is 5.92 Å². The molecule has 3 aliphatic rings. The van der Waals surface area contributed by atoms with Gasteiger partial charge in [0, 0.05) is 5.57 Å². The molecule has 0 aromatic carbocycles. The molecule has 4 heteroatoms. The van der Waals surface area contributed by atoms with Gasteiger partial charge < -0.3 is 14.6 Å². The summed E-state index contributed by atoms with van der Waals surface area (Å²) in [5, 5.41) is 10.7. The largest absolute Gasteiger partial charge is 0.453 e. The second kappa shape index (κ2) is 6.30. The number of carbonyl (C=O) groups is 1. The summed E-state index contributed by atoms with van der Waals surface area (Å²) in [5.74, 6) is -0.276. The first-order valence-electron chi connectivity index (χ1n) is 9.17. The smallest absolute Gasteiger partial charge is 0.334 e. The Balaban J connectivity index is 1.85. The minimum Gasteiger partial charge on any atom is -0.453 e. The van der Waals surface area contributed by atoms with Gasteiger partial charge >= 0.3 is 5.97 Å². The van der Waals surface area contributed by atoms with Gasteiger partial charge in [0.2, 0.25) is 0 Å². The normalized spacial score (nSPS) is 44.0. The molecule has 134 valence electrons. The molecule has 2 fully saturated rings. The van der Waals surface area contributed by atoms with Gasteiger partial charge in [-0.3, -0.25) is 0 Å². The zero-order valence-electron chi connectivity index (χ0n) is 15.1. The molecule has 24 heavy (non-hydrogen) atoms. The van der Waals surface area contributed by atoms with E-state index >= 15 is 0 Å². The number of esters is 1. The molecule has 1 N–H and O–H groups in total. The third-order valence-corrected chi connectivity index (χ3v) is 6.25. The van der Waals surface area contributed by atoms with Gasteiger partial charge in [0.25, 0.3) is 0 Å². The number of aliphatic hydroxyl groups is 1. The predicted octanol–water partition coefficient (Wildman–Crippen LogP) is 3.68. The van der Waals surface area contributed by atoms with Crippen LogP contribution >= 0.6 is 0 Å². The van der Waals surface area contributed by atoms with Crippen molar-refractivity contribution in [3.63, 3.8) is 0 Å². The van der Waals surface area contributed by atoms with Crippen molar-refractivity contribution in [2.45, 2.75) is 89.1 Å². The van der Waals surface area contributed by atoms with E-state index in [1.54, 1.807) is 0 Å². The monoisotopic (exact) mass is 334 g/mol. The number of hydrogen-bond donors (Lipinski definition) is 1. The molecular weight excluding hydrogens is 304 g/mol. The number of rotatable bonds is 0. The Kier molecular flexibility index (Phi) is 4.65. The van der Waals surface area contributed by atoms with Crippen molar-refractivity contribution in [1.82, 2.24) is 0 Å². The summed E-state index contributed by atoms with van der Waals surface area (Å²) in [6, 6.07) is 0. The van der Waals surface area contributed by atoms with Crippen LogP contribution < -0.4 is 0 Å². The topological polar surface area (TPSA) is 59.1 Å². The summed E-state index contributed by atoms with van der Waals surface area (Å²) in [7, 11) is 0. The molecule has 0 aromatic heterocycles. The van der Waals surface area contributed by atoms with Crippen LogP contribution in [0.5, 0.6) is 0 Å². The van der Waals surface area contributed by atoms with E-state index in [1.807, 2.05) is 6.92 Å².